The molecule has 0 bridgehead atoms. The van der Waals surface area contributed by atoms with Crippen LogP contribution < -0.4 is 53.0 Å². The number of nitrogen functional groups attached to an aromatic ring is 4. The van der Waals surface area contributed by atoms with Gasteiger partial charge in [-0.25, -0.2) is 9.97 Å². The number of aromatic nitrogens is 4. The van der Waals surface area contributed by atoms with E-state index >= 15 is 9.59 Å². The van der Waals surface area contributed by atoms with Crippen LogP contribution in [0.1, 0.15) is 0 Å². The number of imidazole rings is 2. The first-order valence-corrected chi connectivity index (χ1v) is 23.7. The number of ether oxygens (including phenoxy) is 4. The molecule has 0 atom stereocenters. The van der Waals surface area contributed by atoms with Crippen LogP contribution in [0.25, 0.3) is 98.0 Å². The summed E-state index contributed by atoms with van der Waals surface area (Å²) >= 11 is 0. The van der Waals surface area contributed by atoms with Crippen LogP contribution in [0.5, 0.6) is 46.0 Å². The van der Waals surface area contributed by atoms with Gasteiger partial charge >= 0.3 is 0 Å². The van der Waals surface area contributed by atoms with Crippen molar-refractivity contribution in [3.8, 4) is 46.0 Å². The van der Waals surface area contributed by atoms with Crippen LogP contribution in [0, 0.1) is 0 Å². The van der Waals surface area contributed by atoms with Crippen LogP contribution in [0.3, 0.4) is 0 Å². The zero-order valence-corrected chi connectivity index (χ0v) is 38.7. The topological polar surface area (TPSA) is 210 Å². The average Bonchev–Trinajstić information content (AvgIpc) is 4.04. The Bertz CT molecular complexity index is 4630. The molecule has 0 amide bonds. The van der Waals surface area contributed by atoms with E-state index in [1.807, 2.05) is 60.7 Å². The average molecular weight is 965 g/mol. The maximum Gasteiger partial charge on any atom is 0.264 e. The third-order valence-electron chi connectivity index (χ3n) is 14.1. The minimum Gasteiger partial charge on any atom is -0.457 e. The van der Waals surface area contributed by atoms with Crippen molar-refractivity contribution in [1.82, 2.24) is 18.8 Å². The summed E-state index contributed by atoms with van der Waals surface area (Å²) in [6, 6.07) is 50.8. The van der Waals surface area contributed by atoms with E-state index in [1.54, 1.807) is 118 Å². The molecule has 0 radical (unpaired) electrons. The Labute approximate surface area is 416 Å². The summed E-state index contributed by atoms with van der Waals surface area (Å²) in [5.74, 6) is 3.21. The molecule has 15 aromatic rings. The molecule has 14 heteroatoms. The fraction of sp³-hybridized carbons (Fsp3) is 0. The van der Waals surface area contributed by atoms with Crippen molar-refractivity contribution in [3.05, 3.63) is 191 Å². The Kier molecular flexibility index (Phi) is 8.33. The molecule has 0 unspecified atom stereocenters. The van der Waals surface area contributed by atoms with Gasteiger partial charge in [0.05, 0.1) is 32.8 Å². The molecule has 15 rings (SSSR count). The maximum absolute atomic E-state index is 15.5. The van der Waals surface area contributed by atoms with Gasteiger partial charge in [-0.3, -0.25) is 18.4 Å². The summed E-state index contributed by atoms with van der Waals surface area (Å²) < 4.78 is 31.7. The largest absolute Gasteiger partial charge is 0.457 e. The molecule has 0 saturated carbocycles. The van der Waals surface area contributed by atoms with E-state index in [9.17, 15) is 0 Å². The van der Waals surface area contributed by atoms with E-state index in [1.165, 1.54) is 0 Å². The van der Waals surface area contributed by atoms with Gasteiger partial charge in [0.15, 0.2) is 0 Å². The Morgan fingerprint density at radius 2 is 0.608 bits per heavy atom. The number of hydrogen-bond donors (Lipinski definition) is 4. The summed E-state index contributed by atoms with van der Waals surface area (Å²) in [5, 5.41) is 6.46. The van der Waals surface area contributed by atoms with Crippen molar-refractivity contribution in [2.75, 3.05) is 22.9 Å². The molecule has 352 valence electrons. The lowest BCUT2D eigenvalue weighted by molar-refractivity contribution is 0.483. The number of nitrogens with two attached hydrogens (primary N) is 4. The molecular weight excluding hydrogens is 929 g/mol. The van der Waals surface area contributed by atoms with Gasteiger partial charge in [-0.1, -0.05) is 24.3 Å². The van der Waals surface area contributed by atoms with E-state index in [0.717, 1.165) is 0 Å². The molecule has 0 aliphatic heterocycles. The number of nitrogens with zero attached hydrogens (tertiary/aromatic N) is 4. The summed E-state index contributed by atoms with van der Waals surface area (Å²) in [7, 11) is 0. The van der Waals surface area contributed by atoms with Crippen LogP contribution in [0.2, 0.25) is 0 Å². The molecule has 0 spiro atoms. The number of hydrogen-bond acceptors (Lipinski definition) is 12. The molecular formula is C60H36N8O6. The second-order valence-corrected chi connectivity index (χ2v) is 18.5. The highest BCUT2D eigenvalue weighted by Gasteiger charge is 2.32. The lowest BCUT2D eigenvalue weighted by Gasteiger charge is -2.25. The lowest BCUT2D eigenvalue weighted by atomic mass is 9.84. The number of fused-ring (bicyclic) bond motifs is 10. The zero-order valence-electron chi connectivity index (χ0n) is 38.7. The van der Waals surface area contributed by atoms with Gasteiger partial charge in [-0.2, -0.15) is 0 Å². The highest BCUT2D eigenvalue weighted by molar-refractivity contribution is 6.44. The maximum atomic E-state index is 15.5. The van der Waals surface area contributed by atoms with Gasteiger partial charge in [0.25, 0.3) is 11.1 Å². The fourth-order valence-electron chi connectivity index (χ4n) is 10.9. The van der Waals surface area contributed by atoms with E-state index < -0.39 is 0 Å². The first-order valence-electron chi connectivity index (χ1n) is 23.7. The Morgan fingerprint density at radius 3 is 0.919 bits per heavy atom. The van der Waals surface area contributed by atoms with Crippen LogP contribution in [-0.4, -0.2) is 18.8 Å². The van der Waals surface area contributed by atoms with Crippen molar-refractivity contribution >= 4 is 121 Å². The van der Waals surface area contributed by atoms with Gasteiger partial charge in [0.2, 0.25) is 0 Å². The second-order valence-electron chi connectivity index (χ2n) is 18.5. The molecule has 74 heavy (non-hydrogen) atoms. The van der Waals surface area contributed by atoms with Gasteiger partial charge in [-0.15, -0.1) is 0 Å². The standard InChI is InChI=1S/C60H36N8O6/c61-29-9-17-33(18-10-29)71-45-25-37-49-39(59(69)67-43-7-3-1-5-41(43)65-57(37)67)27-47(73-35-21-13-31(63)14-22-35)53-54-48(74-36-23-15-32(64)16-24-36)28-40-50-38(58-66-42-6-2-4-8-44(42)68(58)60(40)70)26-46(52(56(50)54)51(45)55(49)53)72-34-19-11-30(62)12-20-34/h1-28H,61-64H2. The monoisotopic (exact) mass is 964 g/mol. The SMILES string of the molecule is Nc1ccc(Oc2cc3c(=O)n4c5ccccc5nc4c4cc(Oc5ccc(N)cc5)c5c6c(Oc7ccc(N)cc7)cc7c8c(cc(Oc9ccc(N)cc9)c(c2c5c34)c68)c(=O)n2c3ccccc3nc72)cc1. The van der Waals surface area contributed by atoms with E-state index in [-0.39, 0.29) is 11.1 Å². The number of rotatable bonds is 8. The smallest absolute Gasteiger partial charge is 0.264 e. The zero-order chi connectivity index (χ0) is 49.7. The van der Waals surface area contributed by atoms with E-state index in [2.05, 4.69) is 0 Å². The molecule has 14 nitrogen and oxygen atoms in total. The van der Waals surface area contributed by atoms with Crippen LogP contribution in [-0.2, 0) is 0 Å². The third kappa shape index (κ3) is 5.87. The first kappa shape index (κ1) is 41.2. The van der Waals surface area contributed by atoms with E-state index in [0.29, 0.717) is 167 Å². The summed E-state index contributed by atoms with van der Waals surface area (Å²) in [6.45, 7) is 0. The molecule has 8 N–H and O–H groups in total. The van der Waals surface area contributed by atoms with Gasteiger partial charge < -0.3 is 41.9 Å². The molecule has 0 saturated heterocycles. The van der Waals surface area contributed by atoms with Crippen LogP contribution in [0.15, 0.2) is 179 Å². The summed E-state index contributed by atoms with van der Waals surface area (Å²) in [5.41, 5.74) is 29.9. The Balaban J connectivity index is 1.24. The number of benzene rings is 11. The normalized spacial score (nSPS) is 12.1. The van der Waals surface area contributed by atoms with Gasteiger partial charge in [-0.05, 0) is 146 Å². The predicted molar refractivity (Wildman–Crippen MR) is 294 cm³/mol. The highest BCUT2D eigenvalue weighted by atomic mass is 16.5. The molecule has 4 aromatic heterocycles. The lowest BCUT2D eigenvalue weighted by Crippen LogP contribution is -2.15. The second kappa shape index (κ2) is 15.0. The quantitative estimate of drug-likeness (QED) is 0.0637. The molecule has 11 aromatic carbocycles. The number of pyridine rings is 2. The molecule has 4 heterocycles. The molecule has 0 aliphatic rings. The van der Waals surface area contributed by atoms with E-state index in [4.69, 9.17) is 51.9 Å². The fourth-order valence-corrected chi connectivity index (χ4v) is 10.9. The molecule has 0 fully saturated rings. The number of anilines is 4. The molecule has 0 aliphatic carbocycles. The Hall–Kier alpha value is -10.6. The van der Waals surface area contributed by atoms with Crippen molar-refractivity contribution in [3.63, 3.8) is 0 Å². The number of para-hydroxylation sites is 4. The van der Waals surface area contributed by atoms with Gasteiger partial charge in [0, 0.05) is 76.6 Å². The van der Waals surface area contributed by atoms with Crippen LogP contribution >= 0.6 is 0 Å². The summed E-state index contributed by atoms with van der Waals surface area (Å²) in [4.78, 5) is 41.3. The van der Waals surface area contributed by atoms with Crippen molar-refractivity contribution in [2.24, 2.45) is 0 Å². The minimum atomic E-state index is -0.315. The first-order chi connectivity index (χ1) is 36.1. The van der Waals surface area contributed by atoms with Crippen molar-refractivity contribution < 1.29 is 18.9 Å². The summed E-state index contributed by atoms with van der Waals surface area (Å²) in [6.07, 6.45) is 0. The van der Waals surface area contributed by atoms with Crippen molar-refractivity contribution in [1.29, 1.82) is 0 Å². The highest BCUT2D eigenvalue weighted by Crippen LogP contribution is 2.57. The minimum absolute atomic E-state index is 0.305. The Morgan fingerprint density at radius 1 is 0.324 bits per heavy atom. The van der Waals surface area contributed by atoms with Crippen molar-refractivity contribution in [2.45, 2.75) is 0 Å². The van der Waals surface area contributed by atoms with Crippen LogP contribution in [0.4, 0.5) is 22.7 Å². The predicted octanol–water partition coefficient (Wildman–Crippen LogP) is 12.7. The van der Waals surface area contributed by atoms with Gasteiger partial charge in [0.1, 0.15) is 57.3 Å². The third-order valence-corrected chi connectivity index (χ3v) is 14.1.